The Morgan fingerprint density at radius 2 is 1.96 bits per heavy atom. The Morgan fingerprint density at radius 3 is 2.58 bits per heavy atom. The molecule has 1 saturated heterocycles. The van der Waals surface area contributed by atoms with E-state index in [9.17, 15) is 9.59 Å². The number of amides is 2. The van der Waals surface area contributed by atoms with Crippen LogP contribution in [0.5, 0.6) is 0 Å². The maximum atomic E-state index is 13.2. The van der Waals surface area contributed by atoms with Crippen molar-refractivity contribution in [3.8, 4) is 0 Å². The summed E-state index contributed by atoms with van der Waals surface area (Å²) in [4.78, 5) is 30.3. The molecule has 0 N–H and O–H groups in total. The van der Waals surface area contributed by atoms with Crippen LogP contribution in [-0.4, -0.2) is 36.3 Å². The summed E-state index contributed by atoms with van der Waals surface area (Å²) in [7, 11) is 0. The highest BCUT2D eigenvalue weighted by molar-refractivity contribution is 7.12. The largest absolute Gasteiger partial charge is 0.337 e. The second kappa shape index (κ2) is 8.04. The molecule has 1 aliphatic rings. The average molecular weight is 371 g/mol. The van der Waals surface area contributed by atoms with E-state index in [1.54, 1.807) is 0 Å². The number of carbonyl (C=O) groups is 2. The number of benzene rings is 1. The quantitative estimate of drug-likeness (QED) is 0.806. The molecule has 5 heteroatoms. The van der Waals surface area contributed by atoms with Crippen molar-refractivity contribution >= 4 is 28.8 Å². The number of hydrogen-bond donors (Lipinski definition) is 0. The van der Waals surface area contributed by atoms with Gasteiger partial charge in [-0.25, -0.2) is 0 Å². The van der Waals surface area contributed by atoms with Gasteiger partial charge in [0.05, 0.1) is 10.8 Å². The van der Waals surface area contributed by atoms with Crippen molar-refractivity contribution in [2.24, 2.45) is 5.92 Å². The summed E-state index contributed by atoms with van der Waals surface area (Å²) < 4.78 is 0. The lowest BCUT2D eigenvalue weighted by atomic mass is 9.95. The van der Waals surface area contributed by atoms with Crippen molar-refractivity contribution < 1.29 is 9.59 Å². The third kappa shape index (κ3) is 3.98. The minimum atomic E-state index is -0.131. The number of likely N-dealkylation sites (tertiary alicyclic amines) is 1. The summed E-state index contributed by atoms with van der Waals surface area (Å²) in [5.41, 5.74) is 3.27. The number of aryl methyl sites for hydroxylation is 2. The molecule has 2 amide bonds. The molecule has 138 valence electrons. The Bertz CT molecular complexity index is 765. The molecule has 0 radical (unpaired) electrons. The van der Waals surface area contributed by atoms with E-state index in [2.05, 4.69) is 32.0 Å². The molecule has 1 aromatic carbocycles. The lowest BCUT2D eigenvalue weighted by Gasteiger charge is -2.34. The van der Waals surface area contributed by atoms with Crippen molar-refractivity contribution in [2.75, 3.05) is 24.5 Å². The Kier molecular flexibility index (Phi) is 5.77. The standard InChI is InChI=1S/C21H26N2O2S/c1-4-23(18-12-15(2)11-16(3)13-18)20(24)17-7-5-9-22(14-17)21(25)19-8-6-10-26-19/h6,8,10-13,17H,4-5,7,9,14H2,1-3H3. The van der Waals surface area contributed by atoms with Crippen LogP contribution in [0.1, 0.15) is 40.6 Å². The number of carbonyl (C=O) groups excluding carboxylic acids is 2. The molecule has 2 heterocycles. The molecular formula is C21H26N2O2S. The van der Waals surface area contributed by atoms with Crippen LogP contribution in [0, 0.1) is 19.8 Å². The molecule has 1 aromatic heterocycles. The van der Waals surface area contributed by atoms with Crippen molar-refractivity contribution in [2.45, 2.75) is 33.6 Å². The third-order valence-electron chi connectivity index (χ3n) is 4.89. The van der Waals surface area contributed by atoms with Crippen molar-refractivity contribution in [3.05, 3.63) is 51.7 Å². The summed E-state index contributed by atoms with van der Waals surface area (Å²) in [6, 6.07) is 9.98. The van der Waals surface area contributed by atoms with E-state index >= 15 is 0 Å². The fourth-order valence-electron chi connectivity index (χ4n) is 3.71. The Hall–Kier alpha value is -2.14. The van der Waals surface area contributed by atoms with Gasteiger partial charge < -0.3 is 9.80 Å². The van der Waals surface area contributed by atoms with Crippen molar-refractivity contribution in [3.63, 3.8) is 0 Å². The molecular weight excluding hydrogens is 344 g/mol. The smallest absolute Gasteiger partial charge is 0.263 e. The lowest BCUT2D eigenvalue weighted by molar-refractivity contribution is -0.123. The zero-order valence-corrected chi connectivity index (χ0v) is 16.5. The average Bonchev–Trinajstić information content (AvgIpc) is 3.15. The van der Waals surface area contributed by atoms with E-state index in [1.807, 2.05) is 34.2 Å². The summed E-state index contributed by atoms with van der Waals surface area (Å²) in [5.74, 6) is 0.0431. The first kappa shape index (κ1) is 18.6. The molecule has 0 spiro atoms. The number of rotatable bonds is 4. The van der Waals surface area contributed by atoms with Crippen LogP contribution in [0.15, 0.2) is 35.7 Å². The Labute approximate surface area is 159 Å². The van der Waals surface area contributed by atoms with Crippen LogP contribution >= 0.6 is 11.3 Å². The topological polar surface area (TPSA) is 40.6 Å². The predicted molar refractivity (Wildman–Crippen MR) is 107 cm³/mol. The third-order valence-corrected chi connectivity index (χ3v) is 5.75. The molecule has 1 aliphatic heterocycles. The SMILES string of the molecule is CCN(C(=O)C1CCCN(C(=O)c2cccs2)C1)c1cc(C)cc(C)c1. The van der Waals surface area contributed by atoms with Crippen LogP contribution in [0.2, 0.25) is 0 Å². The van der Waals surface area contributed by atoms with Gasteiger partial charge in [0.2, 0.25) is 5.91 Å². The van der Waals surface area contributed by atoms with Gasteiger partial charge in [-0.1, -0.05) is 12.1 Å². The summed E-state index contributed by atoms with van der Waals surface area (Å²) in [6.45, 7) is 7.99. The van der Waals surface area contributed by atoms with Gasteiger partial charge in [-0.3, -0.25) is 9.59 Å². The van der Waals surface area contributed by atoms with Crippen LogP contribution in [0.3, 0.4) is 0 Å². The van der Waals surface area contributed by atoms with Gasteiger partial charge in [0.15, 0.2) is 0 Å². The molecule has 1 fully saturated rings. The number of nitrogens with zero attached hydrogens (tertiary/aromatic N) is 2. The highest BCUT2D eigenvalue weighted by atomic mass is 32.1. The molecule has 4 nitrogen and oxygen atoms in total. The molecule has 1 unspecified atom stereocenters. The molecule has 1 atom stereocenters. The normalized spacial score (nSPS) is 17.2. The van der Waals surface area contributed by atoms with Crippen molar-refractivity contribution in [1.29, 1.82) is 0 Å². The van der Waals surface area contributed by atoms with Gasteiger partial charge in [0.25, 0.3) is 5.91 Å². The van der Waals surface area contributed by atoms with Gasteiger partial charge in [-0.15, -0.1) is 11.3 Å². The number of thiophene rings is 1. The first-order valence-corrected chi connectivity index (χ1v) is 10.1. The van der Waals surface area contributed by atoms with E-state index in [4.69, 9.17) is 0 Å². The van der Waals surface area contributed by atoms with Gasteiger partial charge in [0.1, 0.15) is 0 Å². The summed E-state index contributed by atoms with van der Waals surface area (Å²) >= 11 is 1.46. The van der Waals surface area contributed by atoms with Gasteiger partial charge in [-0.05, 0) is 68.3 Å². The highest BCUT2D eigenvalue weighted by Crippen LogP contribution is 2.26. The zero-order chi connectivity index (χ0) is 18.7. The highest BCUT2D eigenvalue weighted by Gasteiger charge is 2.32. The zero-order valence-electron chi connectivity index (χ0n) is 15.7. The van der Waals surface area contributed by atoms with Crippen LogP contribution in [0.4, 0.5) is 5.69 Å². The monoisotopic (exact) mass is 370 g/mol. The van der Waals surface area contributed by atoms with E-state index in [0.29, 0.717) is 13.1 Å². The van der Waals surface area contributed by atoms with E-state index in [-0.39, 0.29) is 17.7 Å². The maximum absolute atomic E-state index is 13.2. The van der Waals surface area contributed by atoms with Gasteiger partial charge >= 0.3 is 0 Å². The second-order valence-electron chi connectivity index (χ2n) is 7.00. The molecule has 0 aliphatic carbocycles. The van der Waals surface area contributed by atoms with E-state index in [0.717, 1.165) is 41.1 Å². The van der Waals surface area contributed by atoms with E-state index in [1.165, 1.54) is 11.3 Å². The van der Waals surface area contributed by atoms with Crippen molar-refractivity contribution in [1.82, 2.24) is 4.90 Å². The van der Waals surface area contributed by atoms with Gasteiger partial charge in [-0.2, -0.15) is 0 Å². The Morgan fingerprint density at radius 1 is 1.23 bits per heavy atom. The predicted octanol–water partition coefficient (Wildman–Crippen LogP) is 4.27. The molecule has 26 heavy (non-hydrogen) atoms. The first-order chi connectivity index (χ1) is 12.5. The maximum Gasteiger partial charge on any atom is 0.263 e. The first-order valence-electron chi connectivity index (χ1n) is 9.22. The number of piperidine rings is 1. The molecule has 0 bridgehead atoms. The Balaban J connectivity index is 1.76. The molecule has 3 rings (SSSR count). The molecule has 2 aromatic rings. The summed E-state index contributed by atoms with van der Waals surface area (Å²) in [6.07, 6.45) is 1.71. The summed E-state index contributed by atoms with van der Waals surface area (Å²) in [5, 5.41) is 1.92. The minimum Gasteiger partial charge on any atom is -0.337 e. The fourth-order valence-corrected chi connectivity index (χ4v) is 4.40. The van der Waals surface area contributed by atoms with Crippen LogP contribution < -0.4 is 4.90 Å². The number of hydrogen-bond acceptors (Lipinski definition) is 3. The minimum absolute atomic E-state index is 0.0481. The number of anilines is 1. The van der Waals surface area contributed by atoms with Gasteiger partial charge in [0, 0.05) is 25.3 Å². The van der Waals surface area contributed by atoms with E-state index < -0.39 is 0 Å². The fraction of sp³-hybridized carbons (Fsp3) is 0.429. The van der Waals surface area contributed by atoms with Crippen LogP contribution in [0.25, 0.3) is 0 Å². The second-order valence-corrected chi connectivity index (χ2v) is 7.94. The molecule has 0 saturated carbocycles. The van der Waals surface area contributed by atoms with Crippen LogP contribution in [-0.2, 0) is 4.79 Å². The lowest BCUT2D eigenvalue weighted by Crippen LogP contribution is -2.46.